The number of hydrogen-bond acceptors (Lipinski definition) is 7. The van der Waals surface area contributed by atoms with Crippen molar-refractivity contribution in [2.45, 2.75) is 45.8 Å². The van der Waals surface area contributed by atoms with Gasteiger partial charge in [-0.3, -0.25) is 9.59 Å². The first-order chi connectivity index (χ1) is 15.4. The summed E-state index contributed by atoms with van der Waals surface area (Å²) in [6.07, 6.45) is 2.25. The van der Waals surface area contributed by atoms with Crippen LogP contribution in [0.4, 0.5) is 0 Å². The lowest BCUT2D eigenvalue weighted by molar-refractivity contribution is -0.141. The summed E-state index contributed by atoms with van der Waals surface area (Å²) in [5.41, 5.74) is 3.06. The van der Waals surface area contributed by atoms with E-state index in [0.29, 0.717) is 28.4 Å². The summed E-state index contributed by atoms with van der Waals surface area (Å²) >= 11 is 0. The molecule has 0 radical (unpaired) electrons. The smallest absolute Gasteiger partial charge is 0.310 e. The number of aryl methyl sites for hydroxylation is 1. The molecule has 32 heavy (non-hydrogen) atoms. The van der Waals surface area contributed by atoms with Crippen LogP contribution in [0, 0.1) is 13.8 Å². The van der Waals surface area contributed by atoms with Crippen LogP contribution in [0.25, 0.3) is 0 Å². The topological polar surface area (TPSA) is 85.2 Å². The van der Waals surface area contributed by atoms with Crippen LogP contribution in [0.2, 0.25) is 0 Å². The van der Waals surface area contributed by atoms with Crippen LogP contribution in [0.5, 0.6) is 17.2 Å². The molecule has 1 aliphatic heterocycles. The first-order valence-corrected chi connectivity index (χ1v) is 10.6. The van der Waals surface area contributed by atoms with E-state index < -0.39 is 5.97 Å². The molecule has 0 aliphatic carbocycles. The van der Waals surface area contributed by atoms with Crippen molar-refractivity contribution in [3.8, 4) is 17.2 Å². The number of benzene rings is 1. The third kappa shape index (κ3) is 5.24. The van der Waals surface area contributed by atoms with E-state index in [2.05, 4.69) is 4.57 Å². The molecule has 0 saturated carbocycles. The molecule has 1 saturated heterocycles. The number of carbonyl (C=O) groups is 2. The van der Waals surface area contributed by atoms with Gasteiger partial charge in [0.25, 0.3) is 0 Å². The normalized spacial score (nSPS) is 15.5. The van der Waals surface area contributed by atoms with E-state index in [1.807, 2.05) is 19.9 Å². The molecule has 1 fully saturated rings. The molecule has 3 rings (SSSR count). The molecular formula is C24H31NO7. The van der Waals surface area contributed by atoms with Crippen LogP contribution in [0.3, 0.4) is 0 Å². The SMILES string of the molecule is COc1cc(CC(=O)OCC(=O)c2cc(C)n(CC3CCCO3)c2C)cc(OC)c1OC. The second-order valence-corrected chi connectivity index (χ2v) is 7.82. The molecule has 2 heterocycles. The first kappa shape index (κ1) is 23.7. The van der Waals surface area contributed by atoms with Gasteiger partial charge < -0.3 is 28.3 Å². The number of esters is 1. The monoisotopic (exact) mass is 445 g/mol. The highest BCUT2D eigenvalue weighted by atomic mass is 16.5. The molecule has 2 aromatic rings. The van der Waals surface area contributed by atoms with E-state index in [1.54, 1.807) is 12.1 Å². The van der Waals surface area contributed by atoms with Crippen molar-refractivity contribution in [2.75, 3.05) is 34.5 Å². The van der Waals surface area contributed by atoms with Crippen LogP contribution >= 0.6 is 0 Å². The van der Waals surface area contributed by atoms with E-state index in [0.717, 1.165) is 37.4 Å². The van der Waals surface area contributed by atoms with Crippen LogP contribution in [-0.2, 0) is 27.2 Å². The summed E-state index contributed by atoms with van der Waals surface area (Å²) in [5.74, 6) is 0.602. The highest BCUT2D eigenvalue weighted by Crippen LogP contribution is 2.38. The molecule has 1 atom stereocenters. The molecule has 8 heteroatoms. The maximum atomic E-state index is 12.7. The fraction of sp³-hybridized carbons (Fsp3) is 0.500. The van der Waals surface area contributed by atoms with Crippen molar-refractivity contribution >= 4 is 11.8 Å². The number of ether oxygens (including phenoxy) is 5. The van der Waals surface area contributed by atoms with Gasteiger partial charge in [-0.15, -0.1) is 0 Å². The van der Waals surface area contributed by atoms with Crippen molar-refractivity contribution in [1.82, 2.24) is 4.57 Å². The van der Waals surface area contributed by atoms with Gasteiger partial charge in [0.15, 0.2) is 18.1 Å². The standard InChI is InChI=1S/C24H31NO7/c1-15-9-19(16(2)25(15)13-18-7-6-8-31-18)20(26)14-32-23(27)12-17-10-21(28-3)24(30-5)22(11-17)29-4/h9-11,18H,6-8,12-14H2,1-5H3. The lowest BCUT2D eigenvalue weighted by Gasteiger charge is -2.15. The predicted octanol–water partition coefficient (Wildman–Crippen LogP) is 3.28. The van der Waals surface area contributed by atoms with Crippen LogP contribution < -0.4 is 14.2 Å². The fourth-order valence-electron chi connectivity index (χ4n) is 4.04. The third-order valence-electron chi connectivity index (χ3n) is 5.72. The largest absolute Gasteiger partial charge is 0.493 e. The highest BCUT2D eigenvalue weighted by molar-refractivity contribution is 5.99. The maximum absolute atomic E-state index is 12.7. The molecule has 174 valence electrons. The van der Waals surface area contributed by atoms with E-state index in [1.165, 1.54) is 21.3 Å². The van der Waals surface area contributed by atoms with E-state index in [4.69, 9.17) is 23.7 Å². The zero-order chi connectivity index (χ0) is 23.3. The van der Waals surface area contributed by atoms with Crippen molar-refractivity contribution in [1.29, 1.82) is 0 Å². The Morgan fingerprint density at radius 2 is 1.75 bits per heavy atom. The minimum Gasteiger partial charge on any atom is -0.493 e. The molecule has 0 bridgehead atoms. The minimum absolute atomic E-state index is 0.0258. The lowest BCUT2D eigenvalue weighted by Crippen LogP contribution is -2.18. The van der Waals surface area contributed by atoms with Crippen LogP contribution in [0.1, 0.15) is 40.2 Å². The number of methoxy groups -OCH3 is 3. The number of hydrogen-bond donors (Lipinski definition) is 0. The lowest BCUT2D eigenvalue weighted by atomic mass is 10.1. The fourth-order valence-corrected chi connectivity index (χ4v) is 4.04. The Kier molecular flexibility index (Phi) is 7.80. The number of carbonyl (C=O) groups excluding carboxylic acids is 2. The van der Waals surface area contributed by atoms with E-state index in [-0.39, 0.29) is 24.9 Å². The van der Waals surface area contributed by atoms with Gasteiger partial charge in [0.05, 0.1) is 33.9 Å². The van der Waals surface area contributed by atoms with Gasteiger partial charge >= 0.3 is 5.97 Å². The van der Waals surface area contributed by atoms with Gasteiger partial charge in [0.2, 0.25) is 11.5 Å². The number of rotatable bonds is 10. The minimum atomic E-state index is -0.513. The molecule has 1 aromatic heterocycles. The number of ketones is 1. The van der Waals surface area contributed by atoms with Gasteiger partial charge in [-0.2, -0.15) is 0 Å². The molecule has 1 aliphatic rings. The van der Waals surface area contributed by atoms with Gasteiger partial charge in [-0.1, -0.05) is 0 Å². The third-order valence-corrected chi connectivity index (χ3v) is 5.72. The summed E-state index contributed by atoms with van der Waals surface area (Å²) in [4.78, 5) is 25.1. The Bertz CT molecular complexity index is 948. The zero-order valence-corrected chi connectivity index (χ0v) is 19.4. The Morgan fingerprint density at radius 3 is 2.31 bits per heavy atom. The van der Waals surface area contributed by atoms with Gasteiger partial charge in [-0.25, -0.2) is 0 Å². The number of aromatic nitrogens is 1. The molecule has 0 amide bonds. The Labute approximate surface area is 188 Å². The van der Waals surface area contributed by atoms with Crippen molar-refractivity contribution in [2.24, 2.45) is 0 Å². The summed E-state index contributed by atoms with van der Waals surface area (Å²) < 4.78 is 29.0. The van der Waals surface area contributed by atoms with Gasteiger partial charge in [-0.05, 0) is 50.5 Å². The summed E-state index contributed by atoms with van der Waals surface area (Å²) in [6, 6.07) is 5.21. The molecule has 8 nitrogen and oxygen atoms in total. The average Bonchev–Trinajstić information content (AvgIpc) is 3.40. The molecule has 0 spiro atoms. The van der Waals surface area contributed by atoms with Gasteiger partial charge in [0.1, 0.15) is 0 Å². The molecule has 0 N–H and O–H groups in total. The van der Waals surface area contributed by atoms with Crippen molar-refractivity contribution in [3.63, 3.8) is 0 Å². The molecule has 1 unspecified atom stereocenters. The van der Waals surface area contributed by atoms with Crippen LogP contribution in [0.15, 0.2) is 18.2 Å². The average molecular weight is 446 g/mol. The zero-order valence-electron chi connectivity index (χ0n) is 19.4. The Morgan fingerprint density at radius 1 is 1.06 bits per heavy atom. The van der Waals surface area contributed by atoms with Gasteiger partial charge in [0, 0.05) is 30.1 Å². The molecule has 1 aromatic carbocycles. The van der Waals surface area contributed by atoms with Crippen molar-refractivity contribution < 1.29 is 33.3 Å². The summed E-state index contributed by atoms with van der Waals surface area (Å²) in [5, 5.41) is 0. The first-order valence-electron chi connectivity index (χ1n) is 10.6. The highest BCUT2D eigenvalue weighted by Gasteiger charge is 2.22. The second kappa shape index (κ2) is 10.5. The summed E-state index contributed by atoms with van der Waals surface area (Å²) in [7, 11) is 4.53. The van der Waals surface area contributed by atoms with E-state index in [9.17, 15) is 9.59 Å². The maximum Gasteiger partial charge on any atom is 0.310 e. The number of Topliss-reactive ketones (excluding diaryl/α,β-unsaturated/α-hetero) is 1. The van der Waals surface area contributed by atoms with Crippen LogP contribution in [-0.4, -0.2) is 57.0 Å². The molecular weight excluding hydrogens is 414 g/mol. The number of nitrogens with zero attached hydrogens (tertiary/aromatic N) is 1. The van der Waals surface area contributed by atoms with Crippen molar-refractivity contribution in [3.05, 3.63) is 40.7 Å². The Balaban J connectivity index is 1.62. The van der Waals surface area contributed by atoms with E-state index >= 15 is 0 Å². The predicted molar refractivity (Wildman–Crippen MR) is 118 cm³/mol. The Hall–Kier alpha value is -3.00. The quantitative estimate of drug-likeness (QED) is 0.410. The summed E-state index contributed by atoms with van der Waals surface area (Å²) in [6.45, 7) is 5.08. The second-order valence-electron chi connectivity index (χ2n) is 7.82.